The Morgan fingerprint density at radius 2 is 1.94 bits per heavy atom. The summed E-state index contributed by atoms with van der Waals surface area (Å²) < 4.78 is 6.15. The van der Waals surface area contributed by atoms with Gasteiger partial charge in [0.05, 0.1) is 12.5 Å². The Morgan fingerprint density at radius 3 is 2.69 bits per heavy atom. The molecule has 2 amide bonds. The van der Waals surface area contributed by atoms with E-state index in [-0.39, 0.29) is 30.4 Å². The average Bonchev–Trinajstić information content (AvgIpc) is 3.59. The van der Waals surface area contributed by atoms with Crippen molar-refractivity contribution >= 4 is 34.8 Å². The van der Waals surface area contributed by atoms with E-state index in [1.54, 1.807) is 16.2 Å². The number of hydrogen-bond donors (Lipinski definition) is 0. The van der Waals surface area contributed by atoms with Gasteiger partial charge in [-0.2, -0.15) is 0 Å². The number of aryl methyl sites for hydroxylation is 1. The van der Waals surface area contributed by atoms with Gasteiger partial charge in [-0.15, -0.1) is 11.3 Å². The van der Waals surface area contributed by atoms with Crippen LogP contribution >= 0.6 is 22.9 Å². The van der Waals surface area contributed by atoms with Crippen LogP contribution in [0.1, 0.15) is 40.5 Å². The standard InChI is InChI=1S/C28H29ClN2O3S/c1-19-15-22(9-10-24(19)29)34-18-25-23-12-14-35-26(23)11-13-30(25)28(33)17-31(21-7-8-21)27(32)16-20-5-3-2-4-6-20/h2-6,9-10,12,14-15,21,25H,7-8,11,13,16-18H2,1H3. The number of rotatable bonds is 8. The molecule has 1 aliphatic heterocycles. The number of thiophene rings is 1. The van der Waals surface area contributed by atoms with E-state index in [9.17, 15) is 9.59 Å². The molecule has 1 atom stereocenters. The molecule has 1 aliphatic carbocycles. The molecule has 35 heavy (non-hydrogen) atoms. The fourth-order valence-electron chi connectivity index (χ4n) is 4.67. The summed E-state index contributed by atoms with van der Waals surface area (Å²) in [5.41, 5.74) is 3.07. The molecular formula is C28H29ClN2O3S. The van der Waals surface area contributed by atoms with Gasteiger partial charge in [-0.05, 0) is 72.5 Å². The molecule has 1 saturated carbocycles. The molecule has 1 aromatic heterocycles. The number of fused-ring (bicyclic) bond motifs is 1. The number of hydrogen-bond acceptors (Lipinski definition) is 4. The quantitative estimate of drug-likeness (QED) is 0.406. The highest BCUT2D eigenvalue weighted by Gasteiger charge is 2.37. The monoisotopic (exact) mass is 508 g/mol. The number of nitrogens with zero attached hydrogens (tertiary/aromatic N) is 2. The van der Waals surface area contributed by atoms with Crippen LogP contribution in [0.2, 0.25) is 5.02 Å². The largest absolute Gasteiger partial charge is 0.491 e. The highest BCUT2D eigenvalue weighted by molar-refractivity contribution is 7.10. The molecule has 0 spiro atoms. The maximum Gasteiger partial charge on any atom is 0.242 e. The summed E-state index contributed by atoms with van der Waals surface area (Å²) in [7, 11) is 0. The Bertz CT molecular complexity index is 1210. The number of benzene rings is 2. The van der Waals surface area contributed by atoms with Crippen LogP contribution in [0, 0.1) is 6.92 Å². The van der Waals surface area contributed by atoms with Crippen molar-refractivity contribution in [1.29, 1.82) is 0 Å². The van der Waals surface area contributed by atoms with E-state index >= 15 is 0 Å². The van der Waals surface area contributed by atoms with Crippen molar-refractivity contribution in [2.24, 2.45) is 0 Å². The van der Waals surface area contributed by atoms with Gasteiger partial charge in [0.2, 0.25) is 11.8 Å². The number of carbonyl (C=O) groups excluding carboxylic acids is 2. The van der Waals surface area contributed by atoms with Gasteiger partial charge in [0.15, 0.2) is 0 Å². The van der Waals surface area contributed by atoms with E-state index in [4.69, 9.17) is 16.3 Å². The van der Waals surface area contributed by atoms with Gasteiger partial charge < -0.3 is 14.5 Å². The van der Waals surface area contributed by atoms with Crippen LogP contribution in [-0.4, -0.2) is 47.4 Å². The van der Waals surface area contributed by atoms with Gasteiger partial charge in [0.25, 0.3) is 0 Å². The first-order valence-corrected chi connectivity index (χ1v) is 13.3. The molecule has 182 valence electrons. The maximum absolute atomic E-state index is 13.6. The van der Waals surface area contributed by atoms with E-state index in [1.807, 2.05) is 60.4 Å². The summed E-state index contributed by atoms with van der Waals surface area (Å²) in [6.07, 6.45) is 3.08. The van der Waals surface area contributed by atoms with Crippen molar-refractivity contribution in [3.05, 3.63) is 86.6 Å². The molecular weight excluding hydrogens is 480 g/mol. The first kappa shape index (κ1) is 23.9. The second-order valence-electron chi connectivity index (χ2n) is 9.29. The van der Waals surface area contributed by atoms with Crippen LogP contribution in [0.25, 0.3) is 0 Å². The topological polar surface area (TPSA) is 49.9 Å². The normalized spacial score (nSPS) is 17.1. The Balaban J connectivity index is 1.31. The van der Waals surface area contributed by atoms with Crippen molar-refractivity contribution in [3.8, 4) is 5.75 Å². The number of amides is 2. The molecule has 1 fully saturated rings. The van der Waals surface area contributed by atoms with Crippen LogP contribution in [0.15, 0.2) is 60.0 Å². The molecule has 0 radical (unpaired) electrons. The molecule has 0 bridgehead atoms. The molecule has 0 saturated heterocycles. The Labute approximate surface area is 215 Å². The number of carbonyl (C=O) groups is 2. The lowest BCUT2D eigenvalue weighted by atomic mass is 10.00. The minimum absolute atomic E-state index is 0.0175. The van der Waals surface area contributed by atoms with E-state index in [0.717, 1.165) is 41.7 Å². The molecule has 2 heterocycles. The predicted molar refractivity (Wildman–Crippen MR) is 139 cm³/mol. The lowest BCUT2D eigenvalue weighted by Gasteiger charge is -2.37. The zero-order valence-corrected chi connectivity index (χ0v) is 21.4. The highest BCUT2D eigenvalue weighted by atomic mass is 35.5. The van der Waals surface area contributed by atoms with Crippen LogP contribution in [0.4, 0.5) is 0 Å². The summed E-state index contributed by atoms with van der Waals surface area (Å²) >= 11 is 7.89. The van der Waals surface area contributed by atoms with Gasteiger partial charge in [0, 0.05) is 22.5 Å². The Hall–Kier alpha value is -2.83. The minimum atomic E-state index is -0.182. The number of halogens is 1. The van der Waals surface area contributed by atoms with Crippen molar-refractivity contribution in [1.82, 2.24) is 9.80 Å². The fourth-order valence-corrected chi connectivity index (χ4v) is 5.72. The first-order valence-electron chi connectivity index (χ1n) is 12.1. The summed E-state index contributed by atoms with van der Waals surface area (Å²) in [6.45, 7) is 3.05. The van der Waals surface area contributed by atoms with Crippen LogP contribution in [-0.2, 0) is 22.4 Å². The van der Waals surface area contributed by atoms with E-state index < -0.39 is 0 Å². The molecule has 1 unspecified atom stereocenters. The highest BCUT2D eigenvalue weighted by Crippen LogP contribution is 2.35. The van der Waals surface area contributed by atoms with Crippen molar-refractivity contribution in [3.63, 3.8) is 0 Å². The van der Waals surface area contributed by atoms with E-state index in [2.05, 4.69) is 11.4 Å². The van der Waals surface area contributed by atoms with Gasteiger partial charge in [-0.3, -0.25) is 9.59 Å². The Kier molecular flexibility index (Phi) is 7.12. The summed E-state index contributed by atoms with van der Waals surface area (Å²) in [5, 5.41) is 2.78. The maximum atomic E-state index is 13.6. The molecule has 5 rings (SSSR count). The van der Waals surface area contributed by atoms with Crippen molar-refractivity contribution in [2.45, 2.75) is 44.7 Å². The zero-order valence-electron chi connectivity index (χ0n) is 19.8. The predicted octanol–water partition coefficient (Wildman–Crippen LogP) is 5.45. The number of ether oxygens (including phenoxy) is 1. The van der Waals surface area contributed by atoms with Gasteiger partial charge in [-0.1, -0.05) is 41.9 Å². The minimum Gasteiger partial charge on any atom is -0.491 e. The smallest absolute Gasteiger partial charge is 0.242 e. The SMILES string of the molecule is Cc1cc(OCC2c3ccsc3CCN2C(=O)CN(C(=O)Cc2ccccc2)C2CC2)ccc1Cl. The van der Waals surface area contributed by atoms with Crippen molar-refractivity contribution < 1.29 is 14.3 Å². The lowest BCUT2D eigenvalue weighted by Crippen LogP contribution is -2.48. The zero-order chi connectivity index (χ0) is 24.4. The van der Waals surface area contributed by atoms with Crippen LogP contribution in [0.5, 0.6) is 5.75 Å². The van der Waals surface area contributed by atoms with Gasteiger partial charge >= 0.3 is 0 Å². The van der Waals surface area contributed by atoms with Gasteiger partial charge in [0.1, 0.15) is 18.9 Å². The van der Waals surface area contributed by atoms with Crippen LogP contribution in [0.3, 0.4) is 0 Å². The molecule has 7 heteroatoms. The molecule has 2 aromatic carbocycles. The van der Waals surface area contributed by atoms with Gasteiger partial charge in [-0.25, -0.2) is 0 Å². The van der Waals surface area contributed by atoms with Crippen molar-refractivity contribution in [2.75, 3.05) is 19.7 Å². The summed E-state index contributed by atoms with van der Waals surface area (Å²) in [6, 6.07) is 17.4. The van der Waals surface area contributed by atoms with Crippen LogP contribution < -0.4 is 4.74 Å². The second-order valence-corrected chi connectivity index (χ2v) is 10.7. The third-order valence-electron chi connectivity index (χ3n) is 6.76. The molecule has 3 aromatic rings. The van der Waals surface area contributed by atoms with E-state index in [1.165, 1.54) is 4.88 Å². The average molecular weight is 509 g/mol. The fraction of sp³-hybridized carbons (Fsp3) is 0.357. The van der Waals surface area contributed by atoms with E-state index in [0.29, 0.717) is 24.6 Å². The molecule has 5 nitrogen and oxygen atoms in total. The summed E-state index contributed by atoms with van der Waals surface area (Å²) in [5.74, 6) is 0.736. The second kappa shape index (κ2) is 10.4. The third-order valence-corrected chi connectivity index (χ3v) is 8.18. The lowest BCUT2D eigenvalue weighted by molar-refractivity contribution is -0.143. The molecule has 0 N–H and O–H groups in total. The summed E-state index contributed by atoms with van der Waals surface area (Å²) in [4.78, 5) is 31.8. The first-order chi connectivity index (χ1) is 17.0. The molecule has 2 aliphatic rings. The third kappa shape index (κ3) is 5.54. The Morgan fingerprint density at radius 1 is 1.14 bits per heavy atom.